The lowest BCUT2D eigenvalue weighted by molar-refractivity contribution is 0.0337. The largest absolute Gasteiger partial charge is 0.495 e. The van der Waals surface area contributed by atoms with Crippen LogP contribution < -0.4 is 10.5 Å². The summed E-state index contributed by atoms with van der Waals surface area (Å²) in [5, 5.41) is 0. The fourth-order valence-electron chi connectivity index (χ4n) is 1.86. The fraction of sp³-hybridized carbons (Fsp3) is 0.188. The number of benzene rings is 2. The number of hydrogen-bond acceptors (Lipinski definition) is 4. The third kappa shape index (κ3) is 3.09. The average Bonchev–Trinajstić information content (AvgIpc) is 2.48. The van der Waals surface area contributed by atoms with Crippen molar-refractivity contribution in [1.82, 2.24) is 0 Å². The molecule has 4 nitrogen and oxygen atoms in total. The molecule has 2 rings (SSSR count). The first-order chi connectivity index (χ1) is 9.61. The van der Waals surface area contributed by atoms with E-state index in [0.717, 1.165) is 5.56 Å². The summed E-state index contributed by atoms with van der Waals surface area (Å²) >= 11 is 0. The summed E-state index contributed by atoms with van der Waals surface area (Å²) in [6.45, 7) is 1.84. The monoisotopic (exact) mass is 271 g/mol. The van der Waals surface area contributed by atoms with Crippen LogP contribution in [0.2, 0.25) is 0 Å². The molecule has 0 amide bonds. The van der Waals surface area contributed by atoms with E-state index < -0.39 is 5.97 Å². The molecule has 0 aliphatic carbocycles. The average molecular weight is 271 g/mol. The van der Waals surface area contributed by atoms with Crippen LogP contribution in [0.3, 0.4) is 0 Å². The molecule has 0 spiro atoms. The maximum absolute atomic E-state index is 12.1. The Bertz CT molecular complexity index is 596. The molecular formula is C16H17NO3. The molecule has 2 aromatic rings. The molecule has 4 heteroatoms. The summed E-state index contributed by atoms with van der Waals surface area (Å²) in [7, 11) is 1.51. The van der Waals surface area contributed by atoms with Gasteiger partial charge in [-0.3, -0.25) is 0 Å². The molecule has 1 unspecified atom stereocenters. The second kappa shape index (κ2) is 6.10. The number of anilines is 1. The van der Waals surface area contributed by atoms with Crippen LogP contribution in [-0.2, 0) is 4.74 Å². The molecule has 0 heterocycles. The molecule has 0 saturated heterocycles. The number of hydrogen-bond donors (Lipinski definition) is 1. The van der Waals surface area contributed by atoms with Crippen molar-refractivity contribution >= 4 is 11.7 Å². The fourth-order valence-corrected chi connectivity index (χ4v) is 1.86. The van der Waals surface area contributed by atoms with E-state index >= 15 is 0 Å². The van der Waals surface area contributed by atoms with Crippen LogP contribution >= 0.6 is 0 Å². The maximum Gasteiger partial charge on any atom is 0.338 e. The summed E-state index contributed by atoms with van der Waals surface area (Å²) in [4.78, 5) is 12.1. The van der Waals surface area contributed by atoms with E-state index in [1.807, 2.05) is 37.3 Å². The highest BCUT2D eigenvalue weighted by molar-refractivity contribution is 5.90. The van der Waals surface area contributed by atoms with Gasteiger partial charge in [0.1, 0.15) is 11.9 Å². The normalized spacial score (nSPS) is 11.7. The third-order valence-corrected chi connectivity index (χ3v) is 3.02. The first-order valence-electron chi connectivity index (χ1n) is 6.31. The van der Waals surface area contributed by atoms with Crippen LogP contribution in [0.5, 0.6) is 5.75 Å². The van der Waals surface area contributed by atoms with E-state index in [9.17, 15) is 4.79 Å². The maximum atomic E-state index is 12.1. The third-order valence-electron chi connectivity index (χ3n) is 3.02. The lowest BCUT2D eigenvalue weighted by Crippen LogP contribution is -2.09. The minimum absolute atomic E-state index is 0.313. The molecular weight excluding hydrogens is 254 g/mol. The van der Waals surface area contributed by atoms with Gasteiger partial charge in [0.15, 0.2) is 0 Å². The highest BCUT2D eigenvalue weighted by Gasteiger charge is 2.14. The van der Waals surface area contributed by atoms with E-state index in [4.69, 9.17) is 15.2 Å². The zero-order valence-corrected chi connectivity index (χ0v) is 11.5. The van der Waals surface area contributed by atoms with Gasteiger partial charge in [0, 0.05) is 0 Å². The van der Waals surface area contributed by atoms with Crippen LogP contribution in [0, 0.1) is 0 Å². The van der Waals surface area contributed by atoms with Gasteiger partial charge in [0.2, 0.25) is 0 Å². The number of nitrogens with two attached hydrogens (primary N) is 1. The van der Waals surface area contributed by atoms with Crippen molar-refractivity contribution in [2.75, 3.05) is 12.8 Å². The topological polar surface area (TPSA) is 61.5 Å². The van der Waals surface area contributed by atoms with Crippen molar-refractivity contribution in [2.45, 2.75) is 13.0 Å². The Morgan fingerprint density at radius 1 is 1.15 bits per heavy atom. The number of nitrogen functional groups attached to an aromatic ring is 1. The van der Waals surface area contributed by atoms with Crippen molar-refractivity contribution in [1.29, 1.82) is 0 Å². The minimum atomic E-state index is -0.403. The molecule has 2 aromatic carbocycles. The highest BCUT2D eigenvalue weighted by Crippen LogP contribution is 2.24. The zero-order valence-electron chi connectivity index (χ0n) is 11.5. The highest BCUT2D eigenvalue weighted by atomic mass is 16.5. The van der Waals surface area contributed by atoms with E-state index in [2.05, 4.69) is 0 Å². The lowest BCUT2D eigenvalue weighted by atomic mass is 10.1. The molecule has 0 radical (unpaired) electrons. The smallest absolute Gasteiger partial charge is 0.338 e. The molecule has 0 aromatic heterocycles. The van der Waals surface area contributed by atoms with Gasteiger partial charge in [0.05, 0.1) is 18.4 Å². The first kappa shape index (κ1) is 13.9. The van der Waals surface area contributed by atoms with Gasteiger partial charge in [-0.25, -0.2) is 4.79 Å². The Kier molecular flexibility index (Phi) is 4.25. The molecule has 0 bridgehead atoms. The van der Waals surface area contributed by atoms with Gasteiger partial charge in [-0.15, -0.1) is 0 Å². The molecule has 20 heavy (non-hydrogen) atoms. The summed E-state index contributed by atoms with van der Waals surface area (Å²) in [5.74, 6) is 0.0615. The zero-order chi connectivity index (χ0) is 14.5. The van der Waals surface area contributed by atoms with Crippen LogP contribution in [0.15, 0.2) is 48.5 Å². The predicted molar refractivity (Wildman–Crippen MR) is 77.7 cm³/mol. The summed E-state index contributed by atoms with van der Waals surface area (Å²) in [6.07, 6.45) is -0.313. The van der Waals surface area contributed by atoms with Gasteiger partial charge in [0.25, 0.3) is 0 Å². The van der Waals surface area contributed by atoms with Crippen LogP contribution in [0.1, 0.15) is 28.9 Å². The van der Waals surface area contributed by atoms with Crippen LogP contribution in [0.4, 0.5) is 5.69 Å². The second-order valence-electron chi connectivity index (χ2n) is 4.41. The van der Waals surface area contributed by atoms with Gasteiger partial charge in [-0.1, -0.05) is 30.3 Å². The van der Waals surface area contributed by atoms with E-state index in [0.29, 0.717) is 17.0 Å². The Hall–Kier alpha value is -2.49. The molecule has 2 N–H and O–H groups in total. The number of esters is 1. The quantitative estimate of drug-likeness (QED) is 0.685. The van der Waals surface area contributed by atoms with Gasteiger partial charge in [-0.05, 0) is 30.7 Å². The molecule has 1 atom stereocenters. The number of ether oxygens (including phenoxy) is 2. The molecule has 0 aliphatic rings. The summed E-state index contributed by atoms with van der Waals surface area (Å²) < 4.78 is 10.5. The first-order valence-corrected chi connectivity index (χ1v) is 6.31. The van der Waals surface area contributed by atoms with Crippen molar-refractivity contribution in [3.8, 4) is 5.75 Å². The van der Waals surface area contributed by atoms with E-state index in [-0.39, 0.29) is 6.10 Å². The van der Waals surface area contributed by atoms with E-state index in [1.165, 1.54) is 7.11 Å². The Morgan fingerprint density at radius 3 is 2.50 bits per heavy atom. The summed E-state index contributed by atoms with van der Waals surface area (Å²) in [6, 6.07) is 14.4. The standard InChI is InChI=1S/C16H17NO3/c1-11(12-6-4-3-5-7-12)20-16(18)13-8-9-14(17)15(10-13)19-2/h3-11H,17H2,1-2H3. The number of methoxy groups -OCH3 is 1. The van der Waals surface area contributed by atoms with Crippen molar-refractivity contribution in [2.24, 2.45) is 0 Å². The summed E-state index contributed by atoms with van der Waals surface area (Å²) in [5.41, 5.74) is 7.56. The molecule has 0 fully saturated rings. The van der Waals surface area contributed by atoms with Crippen molar-refractivity contribution in [3.05, 3.63) is 59.7 Å². The van der Waals surface area contributed by atoms with Crippen LogP contribution in [0.25, 0.3) is 0 Å². The van der Waals surface area contributed by atoms with Crippen LogP contribution in [-0.4, -0.2) is 13.1 Å². The van der Waals surface area contributed by atoms with E-state index in [1.54, 1.807) is 18.2 Å². The minimum Gasteiger partial charge on any atom is -0.495 e. The van der Waals surface area contributed by atoms with Gasteiger partial charge in [-0.2, -0.15) is 0 Å². The predicted octanol–water partition coefficient (Wildman–Crippen LogP) is 3.20. The van der Waals surface area contributed by atoms with Gasteiger partial charge < -0.3 is 15.2 Å². The van der Waals surface area contributed by atoms with Gasteiger partial charge >= 0.3 is 5.97 Å². The van der Waals surface area contributed by atoms with Crippen molar-refractivity contribution < 1.29 is 14.3 Å². The Morgan fingerprint density at radius 2 is 1.85 bits per heavy atom. The number of carbonyl (C=O) groups is 1. The molecule has 0 aliphatic heterocycles. The number of carbonyl (C=O) groups excluding carboxylic acids is 1. The molecule has 0 saturated carbocycles. The lowest BCUT2D eigenvalue weighted by Gasteiger charge is -2.14. The van der Waals surface area contributed by atoms with Crippen molar-refractivity contribution in [3.63, 3.8) is 0 Å². The Labute approximate surface area is 118 Å². The SMILES string of the molecule is COc1cc(C(=O)OC(C)c2ccccc2)ccc1N. The Balaban J connectivity index is 2.12. The number of rotatable bonds is 4. The second-order valence-corrected chi connectivity index (χ2v) is 4.41. The molecule has 104 valence electrons.